The van der Waals surface area contributed by atoms with Crippen molar-refractivity contribution in [2.45, 2.75) is 11.4 Å². The maximum absolute atomic E-state index is 13.5. The van der Waals surface area contributed by atoms with Crippen LogP contribution in [0.1, 0.15) is 5.56 Å². The first-order chi connectivity index (χ1) is 15.5. The van der Waals surface area contributed by atoms with Gasteiger partial charge >= 0.3 is 0 Å². The van der Waals surface area contributed by atoms with Crippen molar-refractivity contribution >= 4 is 32.2 Å². The maximum atomic E-state index is 13.5. The maximum Gasteiger partial charge on any atom is 0.262 e. The van der Waals surface area contributed by atoms with E-state index >= 15 is 0 Å². The summed E-state index contributed by atoms with van der Waals surface area (Å²) >= 11 is 0. The molecular formula is C26H25N3O2S. The molecule has 0 spiro atoms. The zero-order valence-corrected chi connectivity index (χ0v) is 18.9. The van der Waals surface area contributed by atoms with Crippen molar-refractivity contribution in [1.82, 2.24) is 0 Å². The number of benzene rings is 3. The summed E-state index contributed by atoms with van der Waals surface area (Å²) in [4.78, 5) is 6.87. The van der Waals surface area contributed by atoms with Crippen LogP contribution in [0.25, 0.3) is 10.8 Å². The number of anilines is 2. The molecule has 0 saturated carbocycles. The summed E-state index contributed by atoms with van der Waals surface area (Å²) in [6, 6.07) is 29.9. The van der Waals surface area contributed by atoms with Crippen molar-refractivity contribution in [2.75, 3.05) is 23.7 Å². The fourth-order valence-corrected chi connectivity index (χ4v) is 4.91. The van der Waals surface area contributed by atoms with E-state index in [9.17, 15) is 8.42 Å². The Morgan fingerprint density at radius 2 is 1.41 bits per heavy atom. The van der Waals surface area contributed by atoms with Gasteiger partial charge < -0.3 is 4.90 Å². The number of rotatable bonds is 6. The van der Waals surface area contributed by atoms with Crippen LogP contribution in [0.2, 0.25) is 0 Å². The molecule has 0 radical (unpaired) electrons. The SMILES string of the molecule is CN(C)c1cccc2c(S(=O)(=O)Nc3cccccc3=NCc3ccccc3)cccc12. The fraction of sp³-hybridized carbons (Fsp3) is 0.115. The lowest BCUT2D eigenvalue weighted by atomic mass is 10.1. The molecule has 4 aromatic rings. The van der Waals surface area contributed by atoms with E-state index in [1.54, 1.807) is 24.3 Å². The summed E-state index contributed by atoms with van der Waals surface area (Å²) in [6.07, 6.45) is 0. The highest BCUT2D eigenvalue weighted by molar-refractivity contribution is 7.93. The van der Waals surface area contributed by atoms with Crippen LogP contribution in [-0.4, -0.2) is 22.5 Å². The largest absolute Gasteiger partial charge is 0.377 e. The van der Waals surface area contributed by atoms with E-state index in [2.05, 4.69) is 9.71 Å². The fourth-order valence-electron chi connectivity index (χ4n) is 3.61. The van der Waals surface area contributed by atoms with Gasteiger partial charge in [0.05, 0.1) is 22.5 Å². The molecule has 1 N–H and O–H groups in total. The molecule has 0 saturated heterocycles. The van der Waals surface area contributed by atoms with Crippen molar-refractivity contribution in [3.63, 3.8) is 0 Å². The lowest BCUT2D eigenvalue weighted by molar-refractivity contribution is 0.602. The predicted octanol–water partition coefficient (Wildman–Crippen LogP) is 4.81. The first kappa shape index (κ1) is 21.6. The molecule has 4 rings (SSSR count). The molecule has 0 heterocycles. The monoisotopic (exact) mass is 443 g/mol. The van der Waals surface area contributed by atoms with Crippen LogP contribution < -0.4 is 15.0 Å². The van der Waals surface area contributed by atoms with E-state index in [1.807, 2.05) is 91.8 Å². The lowest BCUT2D eigenvalue weighted by Gasteiger charge is -2.17. The van der Waals surface area contributed by atoms with E-state index in [0.29, 0.717) is 23.0 Å². The highest BCUT2D eigenvalue weighted by atomic mass is 32.2. The van der Waals surface area contributed by atoms with E-state index in [1.165, 1.54) is 0 Å². The number of nitrogens with zero attached hydrogens (tertiary/aromatic N) is 2. The molecular weight excluding hydrogens is 418 g/mol. The minimum Gasteiger partial charge on any atom is -0.377 e. The quantitative estimate of drug-likeness (QED) is 0.465. The van der Waals surface area contributed by atoms with E-state index in [0.717, 1.165) is 16.6 Å². The molecule has 0 aliphatic rings. The van der Waals surface area contributed by atoms with Gasteiger partial charge in [-0.3, -0.25) is 9.71 Å². The van der Waals surface area contributed by atoms with Crippen molar-refractivity contribution in [3.8, 4) is 0 Å². The van der Waals surface area contributed by atoms with Gasteiger partial charge in [0.15, 0.2) is 0 Å². The van der Waals surface area contributed by atoms with Gasteiger partial charge in [-0.1, -0.05) is 72.8 Å². The molecule has 0 aliphatic heterocycles. The highest BCUT2D eigenvalue weighted by Crippen LogP contribution is 2.30. The van der Waals surface area contributed by atoms with E-state index < -0.39 is 10.0 Å². The molecule has 0 aliphatic carbocycles. The minimum absolute atomic E-state index is 0.235. The summed E-state index contributed by atoms with van der Waals surface area (Å²) in [7, 11) is 0.0398. The second-order valence-corrected chi connectivity index (χ2v) is 9.29. The number of nitrogens with one attached hydrogen (secondary N) is 1. The summed E-state index contributed by atoms with van der Waals surface area (Å²) in [5, 5.41) is 2.14. The second kappa shape index (κ2) is 9.24. The van der Waals surface area contributed by atoms with Crippen LogP contribution in [0.3, 0.4) is 0 Å². The Kier molecular flexibility index (Phi) is 6.23. The zero-order chi connectivity index (χ0) is 22.6. The standard InChI is InChI=1S/C26H25N3O2S/c1-29(2)25-17-9-14-22-21(25)13-10-18-26(22)32(30,31)28-24-16-8-4-7-15-23(24)27-19-20-11-5-3-6-12-20/h3-18H,19H2,1-2H3,(H,27,28). The Hall–Kier alpha value is -3.64. The van der Waals surface area contributed by atoms with Crippen LogP contribution in [0.15, 0.2) is 107 Å². The van der Waals surface area contributed by atoms with Gasteiger partial charge in [0.25, 0.3) is 10.0 Å². The van der Waals surface area contributed by atoms with Gasteiger partial charge in [0, 0.05) is 30.6 Å². The minimum atomic E-state index is -3.85. The average molecular weight is 444 g/mol. The lowest BCUT2D eigenvalue weighted by Crippen LogP contribution is -2.19. The summed E-state index contributed by atoms with van der Waals surface area (Å²) in [6.45, 7) is 0.458. The molecule has 5 nitrogen and oxygen atoms in total. The Morgan fingerprint density at radius 1 is 0.750 bits per heavy atom. The zero-order valence-electron chi connectivity index (χ0n) is 18.1. The van der Waals surface area contributed by atoms with E-state index in [-0.39, 0.29) is 4.90 Å². The molecule has 32 heavy (non-hydrogen) atoms. The smallest absolute Gasteiger partial charge is 0.262 e. The third-order valence-corrected chi connectivity index (χ3v) is 6.59. The molecule has 0 unspecified atom stereocenters. The number of hydrogen-bond acceptors (Lipinski definition) is 4. The third-order valence-electron chi connectivity index (χ3n) is 5.16. The van der Waals surface area contributed by atoms with Crippen molar-refractivity contribution < 1.29 is 8.42 Å². The van der Waals surface area contributed by atoms with Gasteiger partial charge in [0.2, 0.25) is 0 Å². The van der Waals surface area contributed by atoms with Crippen LogP contribution in [0.5, 0.6) is 0 Å². The Bertz CT molecular complexity index is 1420. The van der Waals surface area contributed by atoms with Crippen LogP contribution in [0.4, 0.5) is 11.4 Å². The molecule has 0 amide bonds. The number of hydrogen-bond donors (Lipinski definition) is 1. The van der Waals surface area contributed by atoms with Gasteiger partial charge in [-0.15, -0.1) is 0 Å². The van der Waals surface area contributed by atoms with Gasteiger partial charge in [-0.05, 0) is 29.8 Å². The Balaban J connectivity index is 1.77. The number of sulfonamides is 1. The molecule has 0 bridgehead atoms. The van der Waals surface area contributed by atoms with Crippen LogP contribution >= 0.6 is 0 Å². The Labute approximate surface area is 188 Å². The predicted molar refractivity (Wildman–Crippen MR) is 131 cm³/mol. The normalized spacial score (nSPS) is 12.0. The van der Waals surface area contributed by atoms with Crippen LogP contribution in [0, 0.1) is 0 Å². The molecule has 6 heteroatoms. The van der Waals surface area contributed by atoms with E-state index in [4.69, 9.17) is 0 Å². The molecule has 0 aromatic heterocycles. The van der Waals surface area contributed by atoms with Gasteiger partial charge in [-0.25, -0.2) is 8.42 Å². The van der Waals surface area contributed by atoms with Crippen molar-refractivity contribution in [1.29, 1.82) is 0 Å². The average Bonchev–Trinajstić information content (AvgIpc) is 3.02. The second-order valence-electron chi connectivity index (χ2n) is 7.64. The topological polar surface area (TPSA) is 61.8 Å². The summed E-state index contributed by atoms with van der Waals surface area (Å²) in [5.41, 5.74) is 2.45. The van der Waals surface area contributed by atoms with Gasteiger partial charge in [0.1, 0.15) is 0 Å². The summed E-state index contributed by atoms with van der Waals surface area (Å²) < 4.78 is 29.7. The first-order valence-electron chi connectivity index (χ1n) is 10.3. The van der Waals surface area contributed by atoms with Crippen molar-refractivity contribution in [2.24, 2.45) is 4.99 Å². The molecule has 0 atom stereocenters. The van der Waals surface area contributed by atoms with Crippen molar-refractivity contribution in [3.05, 3.63) is 108 Å². The molecule has 162 valence electrons. The number of fused-ring (bicyclic) bond motifs is 1. The third kappa shape index (κ3) is 4.65. The van der Waals surface area contributed by atoms with Crippen LogP contribution in [-0.2, 0) is 16.6 Å². The highest BCUT2D eigenvalue weighted by Gasteiger charge is 2.19. The molecule has 4 aromatic carbocycles. The molecule has 0 fully saturated rings. The van der Waals surface area contributed by atoms with Gasteiger partial charge in [-0.2, -0.15) is 0 Å². The summed E-state index contributed by atoms with van der Waals surface area (Å²) in [5.74, 6) is 0. The first-order valence-corrected chi connectivity index (χ1v) is 11.8. The Morgan fingerprint density at radius 3 is 2.16 bits per heavy atom.